The van der Waals surface area contributed by atoms with E-state index in [9.17, 15) is 43.8 Å². The first-order valence-electron chi connectivity index (χ1n) is 10.1. The molecule has 0 aliphatic rings. The standard InChI is InChI=1S/C18H31N7O9/c1-7(26)14(25-15(30)8(19)6-13(22)29)17(32)23-9(2-4-11(20)27)16(31)24-10(18(33)34)3-5-12(21)28/h7-10,14,26H,2-6,19H2,1H3,(H2,20,27)(H2,21,28)(H2,22,29)(H,23,32)(H,24,31)(H,25,30)(H,33,34). The molecule has 0 bridgehead atoms. The Hall–Kier alpha value is -3.79. The molecule has 0 fully saturated rings. The van der Waals surface area contributed by atoms with Crippen molar-refractivity contribution in [3.8, 4) is 0 Å². The van der Waals surface area contributed by atoms with E-state index in [1.165, 1.54) is 0 Å². The Morgan fingerprint density at radius 2 is 1.21 bits per heavy atom. The number of carboxylic acid groups (broad SMARTS) is 1. The van der Waals surface area contributed by atoms with E-state index in [-0.39, 0.29) is 25.7 Å². The fraction of sp³-hybridized carbons (Fsp3) is 0.611. The van der Waals surface area contributed by atoms with Crippen molar-refractivity contribution >= 4 is 41.4 Å². The maximum Gasteiger partial charge on any atom is 0.326 e. The lowest BCUT2D eigenvalue weighted by molar-refractivity contribution is -0.143. The van der Waals surface area contributed by atoms with Gasteiger partial charge in [0.15, 0.2) is 0 Å². The third-order valence-corrected chi connectivity index (χ3v) is 4.43. The molecule has 5 unspecified atom stereocenters. The molecule has 0 aliphatic carbocycles. The van der Waals surface area contributed by atoms with Crippen molar-refractivity contribution in [2.75, 3.05) is 0 Å². The van der Waals surface area contributed by atoms with Gasteiger partial charge in [-0.1, -0.05) is 0 Å². The van der Waals surface area contributed by atoms with E-state index in [0.29, 0.717) is 0 Å². The molecule has 0 radical (unpaired) electrons. The maximum atomic E-state index is 12.7. The summed E-state index contributed by atoms with van der Waals surface area (Å²) < 4.78 is 0. The van der Waals surface area contributed by atoms with Gasteiger partial charge in [0.25, 0.3) is 0 Å². The molecular weight excluding hydrogens is 458 g/mol. The zero-order valence-corrected chi connectivity index (χ0v) is 18.5. The number of hydrogen-bond donors (Lipinski definition) is 9. The Kier molecular flexibility index (Phi) is 12.8. The molecule has 5 atom stereocenters. The van der Waals surface area contributed by atoms with Gasteiger partial charge in [0.2, 0.25) is 35.4 Å². The first-order chi connectivity index (χ1) is 15.6. The summed E-state index contributed by atoms with van der Waals surface area (Å²) in [5, 5.41) is 25.6. The van der Waals surface area contributed by atoms with E-state index in [2.05, 4.69) is 16.0 Å². The van der Waals surface area contributed by atoms with Gasteiger partial charge in [0.05, 0.1) is 18.6 Å². The van der Waals surface area contributed by atoms with Gasteiger partial charge in [-0.2, -0.15) is 0 Å². The first-order valence-corrected chi connectivity index (χ1v) is 10.1. The van der Waals surface area contributed by atoms with Crippen LogP contribution >= 0.6 is 0 Å². The molecule has 0 aromatic rings. The van der Waals surface area contributed by atoms with Crippen LogP contribution in [0.2, 0.25) is 0 Å². The van der Waals surface area contributed by atoms with Crippen LogP contribution in [0.1, 0.15) is 39.0 Å². The highest BCUT2D eigenvalue weighted by atomic mass is 16.4. The first kappa shape index (κ1) is 30.2. The van der Waals surface area contributed by atoms with Crippen molar-refractivity contribution < 1.29 is 43.8 Å². The van der Waals surface area contributed by atoms with Gasteiger partial charge in [0.1, 0.15) is 18.1 Å². The maximum absolute atomic E-state index is 12.7. The van der Waals surface area contributed by atoms with Crippen molar-refractivity contribution in [2.45, 2.75) is 69.3 Å². The number of amides is 6. The highest BCUT2D eigenvalue weighted by Gasteiger charge is 2.32. The minimum Gasteiger partial charge on any atom is -0.480 e. The molecule has 0 aliphatic heterocycles. The lowest BCUT2D eigenvalue weighted by Gasteiger charge is -2.26. The van der Waals surface area contributed by atoms with E-state index < -0.39 is 78.1 Å². The van der Waals surface area contributed by atoms with Gasteiger partial charge in [-0.15, -0.1) is 0 Å². The van der Waals surface area contributed by atoms with Gasteiger partial charge < -0.3 is 49.1 Å². The summed E-state index contributed by atoms with van der Waals surface area (Å²) in [6, 6.07) is -6.09. The monoisotopic (exact) mass is 489 g/mol. The number of hydrogen-bond acceptors (Lipinski definition) is 9. The molecule has 0 spiro atoms. The number of aliphatic hydroxyl groups excluding tert-OH is 1. The second-order valence-corrected chi connectivity index (χ2v) is 7.47. The SMILES string of the molecule is CC(O)C(NC(=O)C(N)CC(N)=O)C(=O)NC(CCC(N)=O)C(=O)NC(CCC(N)=O)C(=O)O. The molecule has 0 saturated heterocycles. The molecule has 0 heterocycles. The summed E-state index contributed by atoms with van der Waals surface area (Å²) in [5.74, 6) is -7.09. The van der Waals surface area contributed by atoms with Gasteiger partial charge in [-0.3, -0.25) is 28.8 Å². The molecule has 16 nitrogen and oxygen atoms in total. The third kappa shape index (κ3) is 11.7. The highest BCUT2D eigenvalue weighted by Crippen LogP contribution is 2.04. The number of aliphatic carboxylic acids is 1. The van der Waals surface area contributed by atoms with Crippen LogP contribution in [-0.4, -0.2) is 81.9 Å². The summed E-state index contributed by atoms with van der Waals surface area (Å²) in [6.07, 6.45) is -3.45. The van der Waals surface area contributed by atoms with Gasteiger partial charge in [-0.25, -0.2) is 4.79 Å². The van der Waals surface area contributed by atoms with Gasteiger partial charge >= 0.3 is 5.97 Å². The van der Waals surface area contributed by atoms with E-state index in [4.69, 9.17) is 22.9 Å². The summed E-state index contributed by atoms with van der Waals surface area (Å²) in [5.41, 5.74) is 20.5. The van der Waals surface area contributed by atoms with Gasteiger partial charge in [0, 0.05) is 12.8 Å². The Balaban J connectivity index is 5.52. The normalized spacial score (nSPS) is 15.0. The van der Waals surface area contributed by atoms with Crippen LogP contribution in [0.15, 0.2) is 0 Å². The smallest absolute Gasteiger partial charge is 0.326 e. The average molecular weight is 489 g/mol. The summed E-state index contributed by atoms with van der Waals surface area (Å²) in [6.45, 7) is 1.15. The minimum atomic E-state index is -1.64. The number of carboxylic acids is 1. The second kappa shape index (κ2) is 14.4. The topological polar surface area (TPSA) is 300 Å². The van der Waals surface area contributed by atoms with Crippen molar-refractivity contribution in [1.82, 2.24) is 16.0 Å². The second-order valence-electron chi connectivity index (χ2n) is 7.47. The predicted molar refractivity (Wildman–Crippen MR) is 114 cm³/mol. The molecule has 34 heavy (non-hydrogen) atoms. The van der Waals surface area contributed by atoms with Crippen molar-refractivity contribution in [3.63, 3.8) is 0 Å². The predicted octanol–water partition coefficient (Wildman–Crippen LogP) is -5.36. The Labute approximate surface area is 194 Å². The molecule has 0 aromatic heterocycles. The molecule has 0 aromatic carbocycles. The summed E-state index contributed by atoms with van der Waals surface area (Å²) in [7, 11) is 0. The Morgan fingerprint density at radius 1 is 0.735 bits per heavy atom. The number of carbonyl (C=O) groups is 7. The number of carbonyl (C=O) groups excluding carboxylic acids is 6. The molecule has 0 saturated carbocycles. The van der Waals surface area contributed by atoms with E-state index in [1.54, 1.807) is 0 Å². The van der Waals surface area contributed by atoms with E-state index >= 15 is 0 Å². The van der Waals surface area contributed by atoms with Crippen LogP contribution in [-0.2, 0) is 33.6 Å². The fourth-order valence-electron chi connectivity index (χ4n) is 2.61. The van der Waals surface area contributed by atoms with Crippen LogP contribution in [0, 0.1) is 0 Å². The van der Waals surface area contributed by atoms with Crippen LogP contribution in [0.5, 0.6) is 0 Å². The summed E-state index contributed by atoms with van der Waals surface area (Å²) in [4.78, 5) is 81.7. The summed E-state index contributed by atoms with van der Waals surface area (Å²) >= 11 is 0. The van der Waals surface area contributed by atoms with Crippen molar-refractivity contribution in [1.29, 1.82) is 0 Å². The van der Waals surface area contributed by atoms with Crippen LogP contribution < -0.4 is 38.9 Å². The molecule has 13 N–H and O–H groups in total. The quantitative estimate of drug-likeness (QED) is 0.0990. The van der Waals surface area contributed by atoms with Crippen LogP contribution in [0.25, 0.3) is 0 Å². The zero-order valence-electron chi connectivity index (χ0n) is 18.5. The lowest BCUT2D eigenvalue weighted by Crippen LogP contribution is -2.60. The van der Waals surface area contributed by atoms with E-state index in [0.717, 1.165) is 6.92 Å². The number of primary amides is 3. The molecule has 16 heteroatoms. The van der Waals surface area contributed by atoms with Crippen molar-refractivity contribution in [3.05, 3.63) is 0 Å². The van der Waals surface area contributed by atoms with Crippen LogP contribution in [0.3, 0.4) is 0 Å². The zero-order chi connectivity index (χ0) is 26.6. The number of nitrogens with one attached hydrogen (secondary N) is 3. The van der Waals surface area contributed by atoms with Gasteiger partial charge in [-0.05, 0) is 19.8 Å². The van der Waals surface area contributed by atoms with Crippen molar-refractivity contribution in [2.24, 2.45) is 22.9 Å². The molecule has 192 valence electrons. The Morgan fingerprint density at radius 3 is 1.62 bits per heavy atom. The van der Waals surface area contributed by atoms with Crippen LogP contribution in [0.4, 0.5) is 0 Å². The molecule has 6 amide bonds. The largest absolute Gasteiger partial charge is 0.480 e. The third-order valence-electron chi connectivity index (χ3n) is 4.43. The highest BCUT2D eigenvalue weighted by molar-refractivity contribution is 5.95. The fourth-order valence-corrected chi connectivity index (χ4v) is 2.61. The molecular formula is C18H31N7O9. The number of nitrogens with two attached hydrogens (primary N) is 4. The minimum absolute atomic E-state index is 0.336. The molecule has 0 rings (SSSR count). The lowest BCUT2D eigenvalue weighted by atomic mass is 10.1. The number of rotatable bonds is 16. The number of aliphatic hydroxyl groups is 1. The van der Waals surface area contributed by atoms with E-state index in [1.807, 2.05) is 0 Å². The average Bonchev–Trinajstić information content (AvgIpc) is 2.70. The Bertz CT molecular complexity index is 803.